The molecule has 1 aromatic heterocycles. The first-order chi connectivity index (χ1) is 9.45. The molecule has 1 heterocycles. The molecule has 0 fully saturated rings. The Morgan fingerprint density at radius 3 is 2.55 bits per heavy atom. The lowest BCUT2D eigenvalue weighted by Crippen LogP contribution is -2.24. The quantitative estimate of drug-likeness (QED) is 0.919. The Kier molecular flexibility index (Phi) is 3.80. The average Bonchev–Trinajstić information content (AvgIpc) is 2.43. The van der Waals surface area contributed by atoms with E-state index in [1.165, 1.54) is 29.9 Å². The Morgan fingerprint density at radius 1 is 1.15 bits per heavy atom. The first kappa shape index (κ1) is 14.1. The molecule has 0 saturated heterocycles. The van der Waals surface area contributed by atoms with Gasteiger partial charge >= 0.3 is 0 Å². The van der Waals surface area contributed by atoms with Crippen LogP contribution in [0.5, 0.6) is 5.75 Å². The summed E-state index contributed by atoms with van der Waals surface area (Å²) < 4.78 is 33.2. The van der Waals surface area contributed by atoms with Crippen LogP contribution in [0.3, 0.4) is 0 Å². The summed E-state index contributed by atoms with van der Waals surface area (Å²) in [6.45, 7) is 0. The minimum Gasteiger partial charge on any atom is -0.495 e. The number of nitrogens with zero attached hydrogens (tertiary/aromatic N) is 1. The van der Waals surface area contributed by atoms with E-state index in [0.717, 1.165) is 0 Å². The Balaban J connectivity index is 2.47. The highest BCUT2D eigenvalue weighted by molar-refractivity contribution is 7.92. The summed E-state index contributed by atoms with van der Waals surface area (Å²) in [6, 6.07) is 9.20. The summed E-state index contributed by atoms with van der Waals surface area (Å²) in [5.74, 6) is 0.216. The van der Waals surface area contributed by atoms with Crippen molar-refractivity contribution in [3.8, 4) is 5.75 Å². The molecule has 7 heteroatoms. The molecule has 6 nitrogen and oxygen atoms in total. The first-order valence-corrected chi connectivity index (χ1v) is 7.25. The number of anilines is 1. The highest BCUT2D eigenvalue weighted by Gasteiger charge is 2.20. The summed E-state index contributed by atoms with van der Waals surface area (Å²) in [5, 5.41) is 0. The van der Waals surface area contributed by atoms with Gasteiger partial charge in [0.05, 0.1) is 7.11 Å². The normalized spacial score (nSPS) is 11.1. The van der Waals surface area contributed by atoms with Crippen molar-refractivity contribution in [1.82, 2.24) is 4.57 Å². The highest BCUT2D eigenvalue weighted by Crippen LogP contribution is 2.24. The SMILES string of the molecule is COc1ccccc1S(=O)(=O)Nc1cccn(C)c1=O. The molecule has 0 spiro atoms. The van der Waals surface area contributed by atoms with Gasteiger partial charge in [0.1, 0.15) is 16.3 Å². The van der Waals surface area contributed by atoms with Crippen LogP contribution in [0.4, 0.5) is 5.69 Å². The third-order valence-electron chi connectivity index (χ3n) is 2.73. The predicted molar refractivity (Wildman–Crippen MR) is 75.5 cm³/mol. The predicted octanol–water partition coefficient (Wildman–Crippen LogP) is 1.19. The summed E-state index contributed by atoms with van der Waals surface area (Å²) in [5.41, 5.74) is -0.438. The van der Waals surface area contributed by atoms with Crippen molar-refractivity contribution in [2.45, 2.75) is 4.90 Å². The fourth-order valence-corrected chi connectivity index (χ4v) is 2.94. The van der Waals surface area contributed by atoms with Crippen molar-refractivity contribution in [3.05, 3.63) is 52.9 Å². The van der Waals surface area contributed by atoms with Crippen LogP contribution in [0.25, 0.3) is 0 Å². The number of sulfonamides is 1. The number of methoxy groups -OCH3 is 1. The van der Waals surface area contributed by atoms with Crippen molar-refractivity contribution in [3.63, 3.8) is 0 Å². The van der Waals surface area contributed by atoms with Crippen molar-refractivity contribution in [2.24, 2.45) is 7.05 Å². The fourth-order valence-electron chi connectivity index (χ4n) is 1.72. The lowest BCUT2D eigenvalue weighted by Gasteiger charge is -2.11. The molecule has 0 unspecified atom stereocenters. The van der Waals surface area contributed by atoms with Gasteiger partial charge < -0.3 is 9.30 Å². The molecule has 106 valence electrons. The van der Waals surface area contributed by atoms with Gasteiger partial charge in [-0.05, 0) is 24.3 Å². The maximum absolute atomic E-state index is 12.3. The monoisotopic (exact) mass is 294 g/mol. The second-order valence-corrected chi connectivity index (χ2v) is 5.75. The van der Waals surface area contributed by atoms with E-state index in [1.807, 2.05) is 0 Å². The van der Waals surface area contributed by atoms with Gasteiger partial charge in [-0.1, -0.05) is 12.1 Å². The van der Waals surface area contributed by atoms with Crippen LogP contribution in [0, 0.1) is 0 Å². The van der Waals surface area contributed by atoms with Crippen molar-refractivity contribution in [2.75, 3.05) is 11.8 Å². The smallest absolute Gasteiger partial charge is 0.274 e. The maximum atomic E-state index is 12.3. The number of nitrogens with one attached hydrogen (secondary N) is 1. The van der Waals surface area contributed by atoms with E-state index in [-0.39, 0.29) is 16.3 Å². The van der Waals surface area contributed by atoms with Crippen LogP contribution in [0.15, 0.2) is 52.3 Å². The van der Waals surface area contributed by atoms with E-state index >= 15 is 0 Å². The Labute approximate surface area is 116 Å². The second kappa shape index (κ2) is 5.38. The van der Waals surface area contributed by atoms with E-state index in [0.29, 0.717) is 0 Å². The molecule has 0 amide bonds. The zero-order valence-electron chi connectivity index (χ0n) is 11.0. The molecule has 2 aromatic rings. The topological polar surface area (TPSA) is 77.4 Å². The van der Waals surface area contributed by atoms with Gasteiger partial charge in [0.25, 0.3) is 15.6 Å². The van der Waals surface area contributed by atoms with E-state index in [2.05, 4.69) is 4.72 Å². The number of benzene rings is 1. The standard InChI is InChI=1S/C13H14N2O4S/c1-15-9-5-6-10(13(15)16)14-20(17,18)12-8-4-3-7-11(12)19-2/h3-9,14H,1-2H3. The van der Waals surface area contributed by atoms with Crippen LogP contribution in [0.2, 0.25) is 0 Å². The molecule has 0 aliphatic heterocycles. The van der Waals surface area contributed by atoms with E-state index in [4.69, 9.17) is 4.74 Å². The van der Waals surface area contributed by atoms with Gasteiger partial charge in [-0.15, -0.1) is 0 Å². The summed E-state index contributed by atoms with van der Waals surface area (Å²) in [7, 11) is -0.954. The van der Waals surface area contributed by atoms with Crippen LogP contribution in [0.1, 0.15) is 0 Å². The molecule has 0 radical (unpaired) electrons. The molecule has 2 rings (SSSR count). The summed E-state index contributed by atoms with van der Waals surface area (Å²) in [6.07, 6.45) is 1.54. The molecule has 20 heavy (non-hydrogen) atoms. The highest BCUT2D eigenvalue weighted by atomic mass is 32.2. The number of para-hydroxylation sites is 1. The van der Waals surface area contributed by atoms with Crippen molar-refractivity contribution < 1.29 is 13.2 Å². The molecular weight excluding hydrogens is 280 g/mol. The maximum Gasteiger partial charge on any atom is 0.274 e. The van der Waals surface area contributed by atoms with Gasteiger partial charge in [0.15, 0.2) is 0 Å². The lowest BCUT2D eigenvalue weighted by atomic mass is 10.3. The van der Waals surface area contributed by atoms with Gasteiger partial charge in [-0.3, -0.25) is 9.52 Å². The first-order valence-electron chi connectivity index (χ1n) is 5.77. The van der Waals surface area contributed by atoms with E-state index < -0.39 is 15.6 Å². The van der Waals surface area contributed by atoms with E-state index in [1.54, 1.807) is 31.4 Å². The van der Waals surface area contributed by atoms with Gasteiger partial charge in [0, 0.05) is 13.2 Å². The van der Waals surface area contributed by atoms with Crippen LogP contribution in [-0.2, 0) is 17.1 Å². The number of hydrogen-bond donors (Lipinski definition) is 1. The number of hydrogen-bond acceptors (Lipinski definition) is 4. The Hall–Kier alpha value is -2.28. The molecule has 0 aliphatic carbocycles. The lowest BCUT2D eigenvalue weighted by molar-refractivity contribution is 0.403. The number of aromatic nitrogens is 1. The summed E-state index contributed by atoms with van der Waals surface area (Å²) in [4.78, 5) is 11.8. The molecule has 1 N–H and O–H groups in total. The summed E-state index contributed by atoms with van der Waals surface area (Å²) >= 11 is 0. The largest absolute Gasteiger partial charge is 0.495 e. The number of aryl methyl sites for hydroxylation is 1. The molecule has 1 aromatic carbocycles. The minimum atomic E-state index is -3.88. The third kappa shape index (κ3) is 2.67. The van der Waals surface area contributed by atoms with Gasteiger partial charge in [-0.25, -0.2) is 8.42 Å². The third-order valence-corrected chi connectivity index (χ3v) is 4.13. The zero-order valence-corrected chi connectivity index (χ0v) is 11.8. The van der Waals surface area contributed by atoms with Crippen LogP contribution in [-0.4, -0.2) is 20.1 Å². The van der Waals surface area contributed by atoms with Crippen LogP contribution >= 0.6 is 0 Å². The molecule has 0 atom stereocenters. The molecule has 0 aliphatic rings. The van der Waals surface area contributed by atoms with Gasteiger partial charge in [-0.2, -0.15) is 0 Å². The van der Waals surface area contributed by atoms with Gasteiger partial charge in [0.2, 0.25) is 0 Å². The van der Waals surface area contributed by atoms with Crippen molar-refractivity contribution >= 4 is 15.7 Å². The number of rotatable bonds is 4. The molecular formula is C13H14N2O4S. The average molecular weight is 294 g/mol. The van der Waals surface area contributed by atoms with E-state index in [9.17, 15) is 13.2 Å². The molecule has 0 bridgehead atoms. The minimum absolute atomic E-state index is 0.0130. The zero-order chi connectivity index (χ0) is 14.8. The van der Waals surface area contributed by atoms with Crippen LogP contribution < -0.4 is 15.0 Å². The Bertz CT molecular complexity index is 781. The second-order valence-electron chi connectivity index (χ2n) is 4.09. The fraction of sp³-hybridized carbons (Fsp3) is 0.154. The number of ether oxygens (including phenoxy) is 1. The molecule has 0 saturated carbocycles. The Morgan fingerprint density at radius 2 is 1.85 bits per heavy atom. The number of pyridine rings is 1. The van der Waals surface area contributed by atoms with Crippen molar-refractivity contribution in [1.29, 1.82) is 0 Å².